The largest absolute Gasteiger partial charge is 0.379 e. The van der Waals surface area contributed by atoms with E-state index in [4.69, 9.17) is 10.5 Å². The molecule has 1 fully saturated rings. The summed E-state index contributed by atoms with van der Waals surface area (Å²) < 4.78 is 5.75. The van der Waals surface area contributed by atoms with Crippen LogP contribution in [0.4, 0.5) is 0 Å². The lowest BCUT2D eigenvalue weighted by atomic mass is 9.89. The standard InChI is InChI=1S/C16H24N2O2/c1-2-18-16(15(17)19,14-6-4-3-5-7-14)12-20-11-10-13-8-9-13/h3-7,13,18H,2,8-12H2,1H3,(H2,17,19). The maximum Gasteiger partial charge on any atom is 0.244 e. The van der Waals surface area contributed by atoms with E-state index < -0.39 is 11.4 Å². The fourth-order valence-corrected chi connectivity index (χ4v) is 2.44. The molecule has 0 aliphatic heterocycles. The van der Waals surface area contributed by atoms with Crippen LogP contribution in [0, 0.1) is 5.92 Å². The first-order valence-electron chi connectivity index (χ1n) is 7.37. The van der Waals surface area contributed by atoms with Crippen LogP contribution in [0.3, 0.4) is 0 Å². The van der Waals surface area contributed by atoms with E-state index in [-0.39, 0.29) is 6.61 Å². The van der Waals surface area contributed by atoms with E-state index in [0.29, 0.717) is 13.2 Å². The lowest BCUT2D eigenvalue weighted by Crippen LogP contribution is -2.55. The van der Waals surface area contributed by atoms with E-state index in [2.05, 4.69) is 5.32 Å². The van der Waals surface area contributed by atoms with Crippen molar-refractivity contribution in [1.29, 1.82) is 0 Å². The third-order valence-electron chi connectivity index (χ3n) is 3.85. The molecule has 20 heavy (non-hydrogen) atoms. The number of benzene rings is 1. The van der Waals surface area contributed by atoms with Crippen molar-refractivity contribution in [2.24, 2.45) is 11.7 Å². The molecule has 0 aromatic heterocycles. The first-order valence-corrected chi connectivity index (χ1v) is 7.37. The van der Waals surface area contributed by atoms with Crippen molar-refractivity contribution < 1.29 is 9.53 Å². The van der Waals surface area contributed by atoms with Crippen molar-refractivity contribution in [3.8, 4) is 0 Å². The van der Waals surface area contributed by atoms with Crippen molar-refractivity contribution >= 4 is 5.91 Å². The van der Waals surface area contributed by atoms with Crippen LogP contribution >= 0.6 is 0 Å². The highest BCUT2D eigenvalue weighted by atomic mass is 16.5. The zero-order chi connectivity index (χ0) is 14.4. The van der Waals surface area contributed by atoms with Crippen molar-refractivity contribution in [3.05, 3.63) is 35.9 Å². The molecule has 110 valence electrons. The van der Waals surface area contributed by atoms with Gasteiger partial charge in [-0.2, -0.15) is 0 Å². The molecular formula is C16H24N2O2. The van der Waals surface area contributed by atoms with E-state index in [1.807, 2.05) is 37.3 Å². The second-order valence-corrected chi connectivity index (χ2v) is 5.45. The second-order valence-electron chi connectivity index (χ2n) is 5.45. The van der Waals surface area contributed by atoms with Gasteiger partial charge in [0.2, 0.25) is 5.91 Å². The van der Waals surface area contributed by atoms with Gasteiger partial charge >= 0.3 is 0 Å². The molecule has 2 rings (SSSR count). The zero-order valence-corrected chi connectivity index (χ0v) is 12.1. The van der Waals surface area contributed by atoms with Crippen LogP contribution in [0.2, 0.25) is 0 Å². The molecule has 0 saturated heterocycles. The van der Waals surface area contributed by atoms with Gasteiger partial charge in [-0.1, -0.05) is 50.1 Å². The summed E-state index contributed by atoms with van der Waals surface area (Å²) in [5.74, 6) is 0.436. The van der Waals surface area contributed by atoms with E-state index >= 15 is 0 Å². The number of ether oxygens (including phenoxy) is 1. The van der Waals surface area contributed by atoms with Crippen molar-refractivity contribution in [2.45, 2.75) is 31.7 Å². The number of hydrogen-bond acceptors (Lipinski definition) is 3. The van der Waals surface area contributed by atoms with Gasteiger partial charge in [-0.3, -0.25) is 10.1 Å². The molecule has 0 heterocycles. The first kappa shape index (κ1) is 15.0. The molecule has 1 aromatic rings. The van der Waals surface area contributed by atoms with E-state index in [1.165, 1.54) is 12.8 Å². The van der Waals surface area contributed by atoms with Gasteiger partial charge in [0, 0.05) is 6.61 Å². The minimum absolute atomic E-state index is 0.285. The summed E-state index contributed by atoms with van der Waals surface area (Å²) in [5, 5.41) is 3.22. The van der Waals surface area contributed by atoms with Gasteiger partial charge in [0.05, 0.1) is 6.61 Å². The van der Waals surface area contributed by atoms with Crippen LogP contribution in [-0.4, -0.2) is 25.7 Å². The van der Waals surface area contributed by atoms with Crippen LogP contribution in [0.1, 0.15) is 31.7 Å². The quantitative estimate of drug-likeness (QED) is 0.676. The topological polar surface area (TPSA) is 64.3 Å². The SMILES string of the molecule is CCNC(COCCC1CC1)(C(N)=O)c1ccccc1. The Morgan fingerprint density at radius 1 is 1.40 bits per heavy atom. The summed E-state index contributed by atoms with van der Waals surface area (Å²) >= 11 is 0. The number of nitrogens with two attached hydrogens (primary N) is 1. The number of carbonyl (C=O) groups is 1. The van der Waals surface area contributed by atoms with Gasteiger partial charge in [-0.25, -0.2) is 0 Å². The molecule has 4 nitrogen and oxygen atoms in total. The summed E-state index contributed by atoms with van der Waals surface area (Å²) in [6.45, 7) is 3.60. The Kier molecular flexibility index (Phi) is 5.15. The van der Waals surface area contributed by atoms with Gasteiger partial charge in [0.15, 0.2) is 0 Å². The molecule has 1 aliphatic carbocycles. The Morgan fingerprint density at radius 2 is 2.10 bits per heavy atom. The number of primary amides is 1. The highest BCUT2D eigenvalue weighted by Gasteiger charge is 2.38. The average Bonchev–Trinajstić information content (AvgIpc) is 3.27. The van der Waals surface area contributed by atoms with Crippen LogP contribution in [0.15, 0.2) is 30.3 Å². The minimum atomic E-state index is -0.931. The molecule has 4 heteroatoms. The maximum absolute atomic E-state index is 12.0. The molecule has 3 N–H and O–H groups in total. The molecule has 0 radical (unpaired) electrons. The highest BCUT2D eigenvalue weighted by molar-refractivity contribution is 5.86. The molecule has 1 saturated carbocycles. The van der Waals surface area contributed by atoms with E-state index in [1.54, 1.807) is 0 Å². The second kappa shape index (κ2) is 6.86. The maximum atomic E-state index is 12.0. The number of likely N-dealkylation sites (N-methyl/N-ethyl adjacent to an activating group) is 1. The molecule has 0 spiro atoms. The average molecular weight is 276 g/mol. The van der Waals surface area contributed by atoms with Crippen LogP contribution in [0.5, 0.6) is 0 Å². The van der Waals surface area contributed by atoms with Gasteiger partial charge in [0.1, 0.15) is 5.54 Å². The highest BCUT2D eigenvalue weighted by Crippen LogP contribution is 2.32. The Hall–Kier alpha value is -1.39. The number of carbonyl (C=O) groups excluding carboxylic acids is 1. The Morgan fingerprint density at radius 3 is 2.65 bits per heavy atom. The lowest BCUT2D eigenvalue weighted by molar-refractivity contribution is -0.127. The molecule has 1 aromatic carbocycles. The molecule has 1 atom stereocenters. The minimum Gasteiger partial charge on any atom is -0.379 e. The smallest absolute Gasteiger partial charge is 0.244 e. The normalized spacial score (nSPS) is 17.6. The van der Waals surface area contributed by atoms with Gasteiger partial charge < -0.3 is 10.5 Å². The van der Waals surface area contributed by atoms with Crippen LogP contribution in [-0.2, 0) is 15.1 Å². The molecule has 0 bridgehead atoms. The molecular weight excluding hydrogens is 252 g/mol. The third-order valence-corrected chi connectivity index (χ3v) is 3.85. The Balaban J connectivity index is 2.06. The number of nitrogens with one attached hydrogen (secondary N) is 1. The number of amides is 1. The van der Waals surface area contributed by atoms with Gasteiger partial charge in [0.25, 0.3) is 0 Å². The summed E-state index contributed by atoms with van der Waals surface area (Å²) in [4.78, 5) is 12.0. The summed E-state index contributed by atoms with van der Waals surface area (Å²) in [7, 11) is 0. The van der Waals surface area contributed by atoms with Crippen molar-refractivity contribution in [2.75, 3.05) is 19.8 Å². The fraction of sp³-hybridized carbons (Fsp3) is 0.562. The van der Waals surface area contributed by atoms with E-state index in [9.17, 15) is 4.79 Å². The predicted molar refractivity (Wildman–Crippen MR) is 79.2 cm³/mol. The fourth-order valence-electron chi connectivity index (χ4n) is 2.44. The van der Waals surface area contributed by atoms with Gasteiger partial charge in [-0.15, -0.1) is 0 Å². The molecule has 1 aliphatic rings. The zero-order valence-electron chi connectivity index (χ0n) is 12.1. The predicted octanol–water partition coefficient (Wildman–Crippen LogP) is 1.79. The third kappa shape index (κ3) is 3.58. The van der Waals surface area contributed by atoms with E-state index in [0.717, 1.165) is 17.9 Å². The summed E-state index contributed by atoms with van der Waals surface area (Å²) in [6, 6.07) is 9.58. The first-order chi connectivity index (χ1) is 9.69. The summed E-state index contributed by atoms with van der Waals surface area (Å²) in [5.41, 5.74) is 5.59. The number of hydrogen-bond donors (Lipinski definition) is 2. The van der Waals surface area contributed by atoms with Crippen LogP contribution in [0.25, 0.3) is 0 Å². The lowest BCUT2D eigenvalue weighted by Gasteiger charge is -2.31. The van der Waals surface area contributed by atoms with Crippen molar-refractivity contribution in [3.63, 3.8) is 0 Å². The van der Waals surface area contributed by atoms with Gasteiger partial charge in [-0.05, 0) is 24.4 Å². The summed E-state index contributed by atoms with van der Waals surface area (Å²) in [6.07, 6.45) is 3.71. The molecule has 1 amide bonds. The van der Waals surface area contributed by atoms with Crippen molar-refractivity contribution in [1.82, 2.24) is 5.32 Å². The Bertz CT molecular complexity index is 431. The number of rotatable bonds is 9. The monoisotopic (exact) mass is 276 g/mol. The Labute approximate surface area is 120 Å². The van der Waals surface area contributed by atoms with Crippen LogP contribution < -0.4 is 11.1 Å². The molecule has 1 unspecified atom stereocenters.